The number of anilines is 2. The maximum absolute atomic E-state index is 12.4. The highest BCUT2D eigenvalue weighted by molar-refractivity contribution is 8.01. The van der Waals surface area contributed by atoms with Gasteiger partial charge in [-0.05, 0) is 48.9 Å². The van der Waals surface area contributed by atoms with Crippen molar-refractivity contribution in [2.75, 3.05) is 23.0 Å². The fourth-order valence-corrected chi connectivity index (χ4v) is 4.27. The standard InChI is InChI=1S/C21H20Cl2N4O3S2/c1-2-3-10-30-15-7-4-13(5-8-15)19(29)25-20-26-27-21(32-20)31-12-18(28)24-14-6-9-16(22)17(23)11-14/h4-9,11H,2-3,10,12H2,1H3,(H,24,28)(H,25,26,29). The van der Waals surface area contributed by atoms with E-state index in [1.54, 1.807) is 42.5 Å². The maximum Gasteiger partial charge on any atom is 0.257 e. The van der Waals surface area contributed by atoms with Crippen molar-refractivity contribution in [3.8, 4) is 5.75 Å². The molecule has 0 saturated heterocycles. The first-order valence-corrected chi connectivity index (χ1v) is 12.3. The molecule has 0 spiro atoms. The van der Waals surface area contributed by atoms with Gasteiger partial charge in [-0.3, -0.25) is 14.9 Å². The molecule has 0 radical (unpaired) electrons. The molecule has 0 fully saturated rings. The van der Waals surface area contributed by atoms with Gasteiger partial charge in [0, 0.05) is 11.3 Å². The van der Waals surface area contributed by atoms with Crippen molar-refractivity contribution in [1.29, 1.82) is 0 Å². The smallest absolute Gasteiger partial charge is 0.257 e. The van der Waals surface area contributed by atoms with Gasteiger partial charge in [-0.15, -0.1) is 10.2 Å². The summed E-state index contributed by atoms with van der Waals surface area (Å²) in [5, 5.41) is 14.5. The van der Waals surface area contributed by atoms with Crippen molar-refractivity contribution in [3.63, 3.8) is 0 Å². The number of amides is 2. The molecular weight excluding hydrogens is 491 g/mol. The van der Waals surface area contributed by atoms with Crippen LogP contribution >= 0.6 is 46.3 Å². The maximum atomic E-state index is 12.4. The van der Waals surface area contributed by atoms with Crippen molar-refractivity contribution < 1.29 is 14.3 Å². The second-order valence-electron chi connectivity index (χ2n) is 6.52. The minimum Gasteiger partial charge on any atom is -0.494 e. The Morgan fingerprint density at radius 3 is 2.56 bits per heavy atom. The second kappa shape index (κ2) is 12.1. The van der Waals surface area contributed by atoms with Crippen LogP contribution in [0.15, 0.2) is 46.8 Å². The van der Waals surface area contributed by atoms with E-state index in [-0.39, 0.29) is 17.6 Å². The quantitative estimate of drug-likeness (QED) is 0.197. The van der Waals surface area contributed by atoms with Gasteiger partial charge in [0.05, 0.1) is 22.4 Å². The zero-order chi connectivity index (χ0) is 22.9. The number of rotatable bonds is 10. The van der Waals surface area contributed by atoms with Crippen LogP contribution in [-0.4, -0.2) is 34.4 Å². The summed E-state index contributed by atoms with van der Waals surface area (Å²) in [7, 11) is 0. The molecule has 0 atom stereocenters. The van der Waals surface area contributed by atoms with Gasteiger partial charge in [-0.1, -0.05) is 59.6 Å². The molecule has 0 saturated carbocycles. The lowest BCUT2D eigenvalue weighted by Gasteiger charge is -2.06. The molecule has 168 valence electrons. The number of nitrogens with zero attached hydrogens (tertiary/aromatic N) is 2. The van der Waals surface area contributed by atoms with Crippen LogP contribution in [0.4, 0.5) is 10.8 Å². The van der Waals surface area contributed by atoms with E-state index in [4.69, 9.17) is 27.9 Å². The van der Waals surface area contributed by atoms with Gasteiger partial charge in [0.1, 0.15) is 5.75 Å². The Morgan fingerprint density at radius 2 is 1.84 bits per heavy atom. The fraction of sp³-hybridized carbons (Fsp3) is 0.238. The number of thioether (sulfide) groups is 1. The average Bonchev–Trinajstić information content (AvgIpc) is 3.23. The summed E-state index contributed by atoms with van der Waals surface area (Å²) in [6, 6.07) is 11.8. The molecule has 1 heterocycles. The lowest BCUT2D eigenvalue weighted by Crippen LogP contribution is -2.13. The topological polar surface area (TPSA) is 93.2 Å². The number of nitrogens with one attached hydrogen (secondary N) is 2. The average molecular weight is 511 g/mol. The molecule has 0 unspecified atom stereocenters. The van der Waals surface area contributed by atoms with E-state index < -0.39 is 0 Å². The van der Waals surface area contributed by atoms with Gasteiger partial charge >= 0.3 is 0 Å². The Morgan fingerprint density at radius 1 is 1.06 bits per heavy atom. The molecule has 3 aromatic rings. The van der Waals surface area contributed by atoms with Crippen LogP contribution in [0.25, 0.3) is 0 Å². The lowest BCUT2D eigenvalue weighted by atomic mass is 10.2. The first kappa shape index (κ1) is 24.3. The third-order valence-electron chi connectivity index (χ3n) is 4.04. The molecule has 0 aliphatic carbocycles. The summed E-state index contributed by atoms with van der Waals surface area (Å²) in [6.45, 7) is 2.75. The highest BCUT2D eigenvalue weighted by atomic mass is 35.5. The van der Waals surface area contributed by atoms with E-state index in [1.165, 1.54) is 23.1 Å². The summed E-state index contributed by atoms with van der Waals surface area (Å²) < 4.78 is 6.16. The molecular formula is C21H20Cl2N4O3S2. The number of halogens is 2. The molecule has 2 N–H and O–H groups in total. The molecule has 1 aromatic heterocycles. The van der Waals surface area contributed by atoms with Gasteiger partial charge in [0.25, 0.3) is 5.91 Å². The fourth-order valence-electron chi connectivity index (χ4n) is 2.42. The van der Waals surface area contributed by atoms with Crippen molar-refractivity contribution >= 4 is 68.9 Å². The van der Waals surface area contributed by atoms with Crippen molar-refractivity contribution in [1.82, 2.24) is 10.2 Å². The Hall–Kier alpha value is -2.33. The lowest BCUT2D eigenvalue weighted by molar-refractivity contribution is -0.113. The van der Waals surface area contributed by atoms with Crippen LogP contribution in [0.2, 0.25) is 10.0 Å². The molecule has 11 heteroatoms. The largest absolute Gasteiger partial charge is 0.494 e. The summed E-state index contributed by atoms with van der Waals surface area (Å²) in [6.07, 6.45) is 2.04. The molecule has 2 amide bonds. The Balaban J connectivity index is 1.47. The number of carbonyl (C=O) groups excluding carboxylic acids is 2. The number of aromatic nitrogens is 2. The number of benzene rings is 2. The van der Waals surface area contributed by atoms with E-state index in [9.17, 15) is 9.59 Å². The Kier molecular flexibility index (Phi) is 9.16. The van der Waals surface area contributed by atoms with Crippen LogP contribution in [0, 0.1) is 0 Å². The van der Waals surface area contributed by atoms with Crippen LogP contribution in [0.5, 0.6) is 5.75 Å². The van der Waals surface area contributed by atoms with E-state index in [0.717, 1.165) is 18.6 Å². The molecule has 0 bridgehead atoms. The minimum atomic E-state index is -0.296. The molecule has 3 rings (SSSR count). The van der Waals surface area contributed by atoms with Gasteiger partial charge in [-0.2, -0.15) is 0 Å². The summed E-state index contributed by atoms with van der Waals surface area (Å²) in [4.78, 5) is 24.5. The van der Waals surface area contributed by atoms with Crippen LogP contribution < -0.4 is 15.4 Å². The highest BCUT2D eigenvalue weighted by Gasteiger charge is 2.12. The van der Waals surface area contributed by atoms with Crippen LogP contribution in [-0.2, 0) is 4.79 Å². The monoisotopic (exact) mass is 510 g/mol. The van der Waals surface area contributed by atoms with Gasteiger partial charge < -0.3 is 10.1 Å². The Bertz CT molecular complexity index is 1080. The third-order valence-corrected chi connectivity index (χ3v) is 6.75. The van der Waals surface area contributed by atoms with Crippen molar-refractivity contribution in [3.05, 3.63) is 58.1 Å². The zero-order valence-corrected chi connectivity index (χ0v) is 20.2. The van der Waals surface area contributed by atoms with E-state index in [2.05, 4.69) is 27.8 Å². The first-order chi connectivity index (χ1) is 15.4. The SMILES string of the molecule is CCCCOc1ccc(C(=O)Nc2nnc(SCC(=O)Nc3ccc(Cl)c(Cl)c3)s2)cc1. The molecule has 7 nitrogen and oxygen atoms in total. The van der Waals surface area contributed by atoms with Gasteiger partial charge in [-0.25, -0.2) is 0 Å². The van der Waals surface area contributed by atoms with Crippen molar-refractivity contribution in [2.45, 2.75) is 24.1 Å². The normalized spacial score (nSPS) is 10.6. The van der Waals surface area contributed by atoms with Crippen LogP contribution in [0.3, 0.4) is 0 Å². The van der Waals surface area contributed by atoms with E-state index in [0.29, 0.717) is 37.4 Å². The number of carbonyl (C=O) groups is 2. The summed E-state index contributed by atoms with van der Waals surface area (Å²) in [5.41, 5.74) is 1.04. The number of unbranched alkanes of at least 4 members (excludes halogenated alkanes) is 1. The van der Waals surface area contributed by atoms with E-state index in [1.807, 2.05) is 0 Å². The number of hydrogen-bond donors (Lipinski definition) is 2. The van der Waals surface area contributed by atoms with E-state index >= 15 is 0 Å². The van der Waals surface area contributed by atoms with Gasteiger partial charge in [0.2, 0.25) is 11.0 Å². The molecule has 0 aliphatic rings. The highest BCUT2D eigenvalue weighted by Crippen LogP contribution is 2.27. The second-order valence-corrected chi connectivity index (χ2v) is 9.53. The molecule has 2 aromatic carbocycles. The minimum absolute atomic E-state index is 0.127. The summed E-state index contributed by atoms with van der Waals surface area (Å²) in [5.74, 6) is 0.330. The summed E-state index contributed by atoms with van der Waals surface area (Å²) >= 11 is 14.2. The third kappa shape index (κ3) is 7.37. The Labute approximate surface area is 203 Å². The number of hydrogen-bond acceptors (Lipinski definition) is 7. The zero-order valence-electron chi connectivity index (χ0n) is 17.1. The predicted molar refractivity (Wildman–Crippen MR) is 131 cm³/mol. The predicted octanol–water partition coefficient (Wildman–Crippen LogP) is 6.01. The first-order valence-electron chi connectivity index (χ1n) is 9.70. The van der Waals surface area contributed by atoms with Gasteiger partial charge in [0.15, 0.2) is 4.34 Å². The molecule has 32 heavy (non-hydrogen) atoms. The molecule has 0 aliphatic heterocycles. The van der Waals surface area contributed by atoms with Crippen LogP contribution in [0.1, 0.15) is 30.1 Å². The van der Waals surface area contributed by atoms with Crippen molar-refractivity contribution in [2.24, 2.45) is 0 Å². The number of ether oxygens (including phenoxy) is 1.